The lowest BCUT2D eigenvalue weighted by Gasteiger charge is -2.22. The molecule has 0 saturated heterocycles. The minimum absolute atomic E-state index is 0.259. The standard InChI is InChI=1S/C14H17N3O2/c1-14(2,11-6-5-9-19-11)10-16-13(18)17-12-7-3-4-8-15-12/h3-9H,10H2,1-2H3,(H2,15,16,17,18). The minimum atomic E-state index is -0.279. The molecule has 0 unspecified atom stereocenters. The molecule has 0 aliphatic carbocycles. The zero-order valence-corrected chi connectivity index (χ0v) is 11.0. The fourth-order valence-electron chi connectivity index (χ4n) is 1.65. The van der Waals surface area contributed by atoms with Crippen molar-refractivity contribution in [2.45, 2.75) is 19.3 Å². The molecule has 5 nitrogen and oxygen atoms in total. The lowest BCUT2D eigenvalue weighted by atomic mass is 9.90. The van der Waals surface area contributed by atoms with Crippen molar-refractivity contribution in [3.63, 3.8) is 0 Å². The number of carbonyl (C=O) groups excluding carboxylic acids is 1. The summed E-state index contributed by atoms with van der Waals surface area (Å²) in [6.45, 7) is 4.49. The van der Waals surface area contributed by atoms with Gasteiger partial charge >= 0.3 is 6.03 Å². The summed E-state index contributed by atoms with van der Waals surface area (Å²) < 4.78 is 5.36. The first-order valence-corrected chi connectivity index (χ1v) is 6.08. The molecule has 0 aliphatic heterocycles. The summed E-state index contributed by atoms with van der Waals surface area (Å²) in [4.78, 5) is 15.8. The third-order valence-electron chi connectivity index (χ3n) is 2.79. The van der Waals surface area contributed by atoms with Crippen LogP contribution in [0.15, 0.2) is 47.2 Å². The summed E-state index contributed by atoms with van der Waals surface area (Å²) >= 11 is 0. The van der Waals surface area contributed by atoms with Crippen molar-refractivity contribution in [2.75, 3.05) is 11.9 Å². The Bertz CT molecular complexity index is 521. The number of carbonyl (C=O) groups is 1. The Kier molecular flexibility index (Phi) is 3.85. The van der Waals surface area contributed by atoms with Crippen LogP contribution in [0.2, 0.25) is 0 Å². The second kappa shape index (κ2) is 5.56. The van der Waals surface area contributed by atoms with E-state index < -0.39 is 0 Å². The van der Waals surface area contributed by atoms with E-state index in [0.717, 1.165) is 5.76 Å². The van der Waals surface area contributed by atoms with Crippen molar-refractivity contribution in [2.24, 2.45) is 0 Å². The number of nitrogens with zero attached hydrogens (tertiary/aromatic N) is 1. The summed E-state index contributed by atoms with van der Waals surface area (Å²) in [6, 6.07) is 8.80. The maximum Gasteiger partial charge on any atom is 0.320 e. The van der Waals surface area contributed by atoms with Crippen LogP contribution in [-0.4, -0.2) is 17.6 Å². The molecular formula is C14H17N3O2. The molecule has 0 saturated carbocycles. The molecule has 0 bridgehead atoms. The van der Waals surface area contributed by atoms with Gasteiger partial charge in [-0.15, -0.1) is 0 Å². The van der Waals surface area contributed by atoms with Gasteiger partial charge in [-0.3, -0.25) is 5.32 Å². The van der Waals surface area contributed by atoms with E-state index in [9.17, 15) is 4.79 Å². The number of hydrogen-bond acceptors (Lipinski definition) is 3. The average molecular weight is 259 g/mol. The van der Waals surface area contributed by atoms with Crippen LogP contribution in [0, 0.1) is 0 Å². The molecule has 19 heavy (non-hydrogen) atoms. The highest BCUT2D eigenvalue weighted by molar-refractivity contribution is 5.88. The molecule has 0 fully saturated rings. The molecule has 0 aromatic carbocycles. The smallest absolute Gasteiger partial charge is 0.320 e. The highest BCUT2D eigenvalue weighted by Crippen LogP contribution is 2.22. The Balaban J connectivity index is 1.87. The third-order valence-corrected chi connectivity index (χ3v) is 2.79. The third kappa shape index (κ3) is 3.58. The summed E-state index contributed by atoms with van der Waals surface area (Å²) in [6.07, 6.45) is 3.26. The van der Waals surface area contributed by atoms with Gasteiger partial charge in [0, 0.05) is 18.2 Å². The van der Waals surface area contributed by atoms with Crippen LogP contribution in [0.3, 0.4) is 0 Å². The number of pyridine rings is 1. The zero-order valence-electron chi connectivity index (χ0n) is 11.0. The first-order chi connectivity index (χ1) is 9.08. The van der Waals surface area contributed by atoms with Gasteiger partial charge in [-0.2, -0.15) is 0 Å². The number of furan rings is 1. The van der Waals surface area contributed by atoms with Crippen LogP contribution in [0.5, 0.6) is 0 Å². The minimum Gasteiger partial charge on any atom is -0.469 e. The molecule has 100 valence electrons. The molecule has 2 N–H and O–H groups in total. The van der Waals surface area contributed by atoms with Crippen LogP contribution in [-0.2, 0) is 5.41 Å². The summed E-state index contributed by atoms with van der Waals surface area (Å²) in [5.74, 6) is 1.36. The van der Waals surface area contributed by atoms with Gasteiger partial charge in [0.15, 0.2) is 0 Å². The molecule has 0 radical (unpaired) electrons. The predicted molar refractivity (Wildman–Crippen MR) is 73.0 cm³/mol. The Labute approximate surface area is 112 Å². The highest BCUT2D eigenvalue weighted by Gasteiger charge is 2.24. The van der Waals surface area contributed by atoms with E-state index >= 15 is 0 Å². The molecule has 2 aromatic rings. The molecule has 0 spiro atoms. The lowest BCUT2D eigenvalue weighted by Crippen LogP contribution is -2.38. The molecule has 0 atom stereocenters. The van der Waals surface area contributed by atoms with Crippen molar-refractivity contribution >= 4 is 11.8 Å². The van der Waals surface area contributed by atoms with Gasteiger partial charge in [-0.25, -0.2) is 9.78 Å². The van der Waals surface area contributed by atoms with Crippen LogP contribution in [0.1, 0.15) is 19.6 Å². The maximum atomic E-state index is 11.7. The van der Waals surface area contributed by atoms with E-state index in [0.29, 0.717) is 12.4 Å². The van der Waals surface area contributed by atoms with Gasteiger partial charge < -0.3 is 9.73 Å². The monoisotopic (exact) mass is 259 g/mol. The topological polar surface area (TPSA) is 67.2 Å². The summed E-state index contributed by atoms with van der Waals surface area (Å²) in [5.41, 5.74) is -0.259. The summed E-state index contributed by atoms with van der Waals surface area (Å²) in [7, 11) is 0. The lowest BCUT2D eigenvalue weighted by molar-refractivity contribution is 0.248. The summed E-state index contributed by atoms with van der Waals surface area (Å²) in [5, 5.41) is 5.48. The first kappa shape index (κ1) is 13.1. The van der Waals surface area contributed by atoms with Crippen LogP contribution in [0.4, 0.5) is 10.6 Å². The number of urea groups is 1. The normalized spacial score (nSPS) is 11.1. The van der Waals surface area contributed by atoms with Gasteiger partial charge in [0.2, 0.25) is 0 Å². The molecule has 2 aromatic heterocycles. The maximum absolute atomic E-state index is 11.7. The number of nitrogens with one attached hydrogen (secondary N) is 2. The van der Waals surface area contributed by atoms with E-state index in [-0.39, 0.29) is 11.4 Å². The second-order valence-corrected chi connectivity index (χ2v) is 4.88. The van der Waals surface area contributed by atoms with E-state index in [2.05, 4.69) is 15.6 Å². The highest BCUT2D eigenvalue weighted by atomic mass is 16.3. The molecule has 2 amide bonds. The van der Waals surface area contributed by atoms with Gasteiger partial charge in [0.25, 0.3) is 0 Å². The van der Waals surface area contributed by atoms with Crippen molar-refractivity contribution in [1.29, 1.82) is 0 Å². The van der Waals surface area contributed by atoms with Gasteiger partial charge in [0.05, 0.1) is 6.26 Å². The number of aromatic nitrogens is 1. The van der Waals surface area contributed by atoms with Crippen LogP contribution >= 0.6 is 0 Å². The van der Waals surface area contributed by atoms with E-state index in [1.807, 2.05) is 32.0 Å². The van der Waals surface area contributed by atoms with Crippen LogP contribution < -0.4 is 10.6 Å². The van der Waals surface area contributed by atoms with Crippen LogP contribution in [0.25, 0.3) is 0 Å². The fraction of sp³-hybridized carbons (Fsp3) is 0.286. The number of rotatable bonds is 4. The Morgan fingerprint density at radius 1 is 1.32 bits per heavy atom. The molecular weight excluding hydrogens is 242 g/mol. The quantitative estimate of drug-likeness (QED) is 0.887. The predicted octanol–water partition coefficient (Wildman–Crippen LogP) is 2.77. The van der Waals surface area contributed by atoms with E-state index in [1.165, 1.54) is 0 Å². The largest absolute Gasteiger partial charge is 0.469 e. The second-order valence-electron chi connectivity index (χ2n) is 4.88. The van der Waals surface area contributed by atoms with Crippen molar-refractivity contribution in [3.8, 4) is 0 Å². The number of hydrogen-bond donors (Lipinski definition) is 2. The zero-order chi connectivity index (χ0) is 13.7. The number of anilines is 1. The van der Waals surface area contributed by atoms with Crippen molar-refractivity contribution in [1.82, 2.24) is 10.3 Å². The van der Waals surface area contributed by atoms with Gasteiger partial charge in [0.1, 0.15) is 11.6 Å². The van der Waals surface area contributed by atoms with Crippen molar-refractivity contribution < 1.29 is 9.21 Å². The van der Waals surface area contributed by atoms with Gasteiger partial charge in [-0.05, 0) is 24.3 Å². The van der Waals surface area contributed by atoms with Gasteiger partial charge in [-0.1, -0.05) is 19.9 Å². The molecule has 2 heterocycles. The SMILES string of the molecule is CC(C)(CNC(=O)Nc1ccccn1)c1ccco1. The molecule has 0 aliphatic rings. The fourth-order valence-corrected chi connectivity index (χ4v) is 1.65. The Morgan fingerprint density at radius 2 is 2.16 bits per heavy atom. The molecule has 2 rings (SSSR count). The van der Waals surface area contributed by atoms with Crippen molar-refractivity contribution in [3.05, 3.63) is 48.6 Å². The number of amides is 2. The average Bonchev–Trinajstić information content (AvgIpc) is 2.92. The van der Waals surface area contributed by atoms with E-state index in [4.69, 9.17) is 4.42 Å². The first-order valence-electron chi connectivity index (χ1n) is 6.08. The Hall–Kier alpha value is -2.30. The molecule has 5 heteroatoms. The van der Waals surface area contributed by atoms with E-state index in [1.54, 1.807) is 24.6 Å². The Morgan fingerprint density at radius 3 is 2.79 bits per heavy atom.